The highest BCUT2D eigenvalue weighted by atomic mass is 16.1. The fourth-order valence-electron chi connectivity index (χ4n) is 1.44. The van der Waals surface area contributed by atoms with Crippen molar-refractivity contribution in [3.05, 3.63) is 40.4 Å². The monoisotopic (exact) mass is 188 g/mol. The molecule has 0 saturated heterocycles. The largest absolute Gasteiger partial charge is 0.345 e. The van der Waals surface area contributed by atoms with Crippen molar-refractivity contribution in [1.82, 2.24) is 9.97 Å². The second kappa shape index (κ2) is 3.25. The number of aromatic amines is 1. The van der Waals surface area contributed by atoms with Crippen LogP contribution in [0.25, 0.3) is 10.9 Å². The van der Waals surface area contributed by atoms with Crippen LogP contribution in [0.2, 0.25) is 0 Å². The van der Waals surface area contributed by atoms with Gasteiger partial charge < -0.3 is 4.98 Å². The molecule has 0 radical (unpaired) electrons. The lowest BCUT2D eigenvalue weighted by molar-refractivity contribution is 0.868. The molecular weight excluding hydrogens is 176 g/mol. The van der Waals surface area contributed by atoms with E-state index in [2.05, 4.69) is 29.9 Å². The summed E-state index contributed by atoms with van der Waals surface area (Å²) >= 11 is 0. The number of benzene rings is 1. The van der Waals surface area contributed by atoms with E-state index in [1.54, 1.807) is 6.20 Å². The highest BCUT2D eigenvalue weighted by Gasteiger charge is 2.00. The summed E-state index contributed by atoms with van der Waals surface area (Å²) in [6, 6.07) is 6.01. The summed E-state index contributed by atoms with van der Waals surface area (Å²) in [5, 5.41) is 0.982. The van der Waals surface area contributed by atoms with Crippen LogP contribution in [0.3, 0.4) is 0 Å². The first-order valence-corrected chi connectivity index (χ1v) is 4.66. The first-order chi connectivity index (χ1) is 6.66. The van der Waals surface area contributed by atoms with Crippen LogP contribution in [0.1, 0.15) is 25.3 Å². The molecule has 72 valence electrons. The lowest BCUT2D eigenvalue weighted by atomic mass is 10.0. The van der Waals surface area contributed by atoms with Gasteiger partial charge in [-0.3, -0.25) is 0 Å². The quantitative estimate of drug-likeness (QED) is 0.744. The van der Waals surface area contributed by atoms with Gasteiger partial charge in [-0.25, -0.2) is 9.78 Å². The van der Waals surface area contributed by atoms with Gasteiger partial charge in [-0.2, -0.15) is 0 Å². The van der Waals surface area contributed by atoms with Crippen LogP contribution in [0, 0.1) is 0 Å². The number of nitrogens with zero attached hydrogens (tertiary/aromatic N) is 1. The molecule has 0 aliphatic heterocycles. The van der Waals surface area contributed by atoms with Gasteiger partial charge in [0.25, 0.3) is 0 Å². The predicted molar refractivity (Wildman–Crippen MR) is 56.5 cm³/mol. The second-order valence-corrected chi connectivity index (χ2v) is 3.69. The van der Waals surface area contributed by atoms with Crippen LogP contribution in [0.4, 0.5) is 0 Å². The van der Waals surface area contributed by atoms with Crippen LogP contribution in [-0.4, -0.2) is 9.97 Å². The Labute approximate surface area is 81.8 Å². The van der Waals surface area contributed by atoms with Crippen LogP contribution in [0.15, 0.2) is 29.2 Å². The van der Waals surface area contributed by atoms with Crippen LogP contribution in [0.5, 0.6) is 0 Å². The molecule has 2 rings (SSSR count). The van der Waals surface area contributed by atoms with E-state index < -0.39 is 0 Å². The molecule has 0 spiro atoms. The summed E-state index contributed by atoms with van der Waals surface area (Å²) in [7, 11) is 0. The van der Waals surface area contributed by atoms with Crippen molar-refractivity contribution in [2.75, 3.05) is 0 Å². The van der Waals surface area contributed by atoms with Crippen molar-refractivity contribution in [3.8, 4) is 0 Å². The third kappa shape index (κ3) is 1.53. The summed E-state index contributed by atoms with van der Waals surface area (Å²) in [5.41, 5.74) is 1.80. The zero-order valence-corrected chi connectivity index (χ0v) is 8.24. The number of nitrogens with one attached hydrogen (secondary N) is 1. The minimum Gasteiger partial charge on any atom is -0.305 e. The van der Waals surface area contributed by atoms with Crippen molar-refractivity contribution < 1.29 is 0 Å². The molecule has 1 N–H and O–H groups in total. The summed E-state index contributed by atoms with van der Waals surface area (Å²) in [6.45, 7) is 4.28. The van der Waals surface area contributed by atoms with Crippen molar-refractivity contribution in [1.29, 1.82) is 0 Å². The van der Waals surface area contributed by atoms with Crippen LogP contribution < -0.4 is 5.69 Å². The van der Waals surface area contributed by atoms with Crippen LogP contribution in [-0.2, 0) is 0 Å². The molecule has 0 aliphatic carbocycles. The molecule has 3 heteroatoms. The highest BCUT2D eigenvalue weighted by Crippen LogP contribution is 2.18. The lowest BCUT2D eigenvalue weighted by Crippen LogP contribution is -2.08. The Hall–Kier alpha value is -1.64. The third-order valence-electron chi connectivity index (χ3n) is 2.30. The second-order valence-electron chi connectivity index (χ2n) is 3.69. The molecule has 3 nitrogen and oxygen atoms in total. The van der Waals surface area contributed by atoms with Gasteiger partial charge in [0.1, 0.15) is 0 Å². The molecule has 0 fully saturated rings. The van der Waals surface area contributed by atoms with Crippen molar-refractivity contribution >= 4 is 10.9 Å². The molecule has 0 aliphatic rings. The number of H-pyrrole nitrogens is 1. The van der Waals surface area contributed by atoms with Gasteiger partial charge in [0.2, 0.25) is 0 Å². The Bertz CT molecular complexity index is 514. The topological polar surface area (TPSA) is 45.8 Å². The first kappa shape index (κ1) is 8.94. The average molecular weight is 188 g/mol. The lowest BCUT2D eigenvalue weighted by Gasteiger charge is -2.05. The van der Waals surface area contributed by atoms with Gasteiger partial charge in [-0.1, -0.05) is 19.9 Å². The number of rotatable bonds is 1. The van der Waals surface area contributed by atoms with Gasteiger partial charge in [0.15, 0.2) is 0 Å². The molecule has 1 aromatic carbocycles. The molecule has 2 aromatic rings. The minimum absolute atomic E-state index is 0.296. The number of fused-ring (bicyclic) bond motifs is 1. The molecule has 0 atom stereocenters. The van der Waals surface area contributed by atoms with E-state index in [1.165, 1.54) is 5.56 Å². The Morgan fingerprint density at radius 1 is 1.36 bits per heavy atom. The Balaban J connectivity index is 2.67. The SMILES string of the molecule is CC(C)c1ccc2[nH]c(=O)ncc2c1. The maximum atomic E-state index is 10.9. The number of hydrogen-bond donors (Lipinski definition) is 1. The number of hydrogen-bond acceptors (Lipinski definition) is 2. The van der Waals surface area contributed by atoms with Gasteiger partial charge in [0, 0.05) is 11.6 Å². The van der Waals surface area contributed by atoms with E-state index in [0.717, 1.165) is 10.9 Å². The van der Waals surface area contributed by atoms with Gasteiger partial charge in [-0.15, -0.1) is 0 Å². The van der Waals surface area contributed by atoms with E-state index in [-0.39, 0.29) is 5.69 Å². The maximum absolute atomic E-state index is 10.9. The summed E-state index contributed by atoms with van der Waals surface area (Å²) in [4.78, 5) is 17.3. The molecular formula is C11H12N2O. The predicted octanol–water partition coefficient (Wildman–Crippen LogP) is 2.05. The maximum Gasteiger partial charge on any atom is 0.345 e. The molecule has 0 bridgehead atoms. The van der Waals surface area contributed by atoms with E-state index in [0.29, 0.717) is 5.92 Å². The molecule has 1 heterocycles. The average Bonchev–Trinajstić information content (AvgIpc) is 2.16. The van der Waals surface area contributed by atoms with Gasteiger partial charge >= 0.3 is 5.69 Å². The highest BCUT2D eigenvalue weighted by molar-refractivity contribution is 5.78. The molecule has 0 unspecified atom stereocenters. The summed E-state index contributed by atoms with van der Waals surface area (Å²) in [5.74, 6) is 0.492. The van der Waals surface area contributed by atoms with E-state index in [1.807, 2.05) is 12.1 Å². The van der Waals surface area contributed by atoms with Crippen molar-refractivity contribution in [3.63, 3.8) is 0 Å². The summed E-state index contributed by atoms with van der Waals surface area (Å²) in [6.07, 6.45) is 1.61. The van der Waals surface area contributed by atoms with Crippen molar-refractivity contribution in [2.45, 2.75) is 19.8 Å². The Morgan fingerprint density at radius 3 is 2.86 bits per heavy atom. The van der Waals surface area contributed by atoms with Crippen LogP contribution >= 0.6 is 0 Å². The Kier molecular flexibility index (Phi) is 2.08. The molecule has 0 saturated carbocycles. The first-order valence-electron chi connectivity index (χ1n) is 4.66. The van der Waals surface area contributed by atoms with Gasteiger partial charge in [0.05, 0.1) is 5.52 Å². The Morgan fingerprint density at radius 2 is 2.14 bits per heavy atom. The molecule has 14 heavy (non-hydrogen) atoms. The summed E-state index contributed by atoms with van der Waals surface area (Å²) < 4.78 is 0. The smallest absolute Gasteiger partial charge is 0.305 e. The zero-order valence-electron chi connectivity index (χ0n) is 8.24. The molecule has 0 amide bonds. The van der Waals surface area contributed by atoms with Gasteiger partial charge in [-0.05, 0) is 23.6 Å². The normalized spacial score (nSPS) is 11.1. The van der Waals surface area contributed by atoms with E-state index in [4.69, 9.17) is 0 Å². The third-order valence-corrected chi connectivity index (χ3v) is 2.30. The molecule has 1 aromatic heterocycles. The van der Waals surface area contributed by atoms with E-state index >= 15 is 0 Å². The fraction of sp³-hybridized carbons (Fsp3) is 0.273. The fourth-order valence-corrected chi connectivity index (χ4v) is 1.44. The van der Waals surface area contributed by atoms with Crippen molar-refractivity contribution in [2.24, 2.45) is 0 Å². The minimum atomic E-state index is -0.296. The van der Waals surface area contributed by atoms with E-state index in [9.17, 15) is 4.79 Å². The standard InChI is InChI=1S/C11H12N2O/c1-7(2)8-3-4-10-9(5-8)6-12-11(14)13-10/h3-7H,1-2H3,(H,12,13,14). The zero-order chi connectivity index (χ0) is 10.1. The number of aromatic nitrogens is 2.